The largest absolute Gasteiger partial charge is 0.497 e. The first kappa shape index (κ1) is 21.6. The molecule has 2 atom stereocenters. The summed E-state index contributed by atoms with van der Waals surface area (Å²) in [5, 5.41) is 0. The number of hydrogen-bond acceptors (Lipinski definition) is 6. The lowest BCUT2D eigenvalue weighted by atomic mass is 9.93. The highest BCUT2D eigenvalue weighted by Gasteiger charge is 2.63. The maximum atomic E-state index is 12.5. The zero-order chi connectivity index (χ0) is 21.9. The molecule has 1 fully saturated rings. The summed E-state index contributed by atoms with van der Waals surface area (Å²) in [6.45, 7) is 1.93. The SMILES string of the molecule is CCOC(=O)[C@]1(Cc2ccc(NS(=O)(=O)c3ccc(OC)cc3)cc2)CC1C(N)=O. The number of esters is 1. The van der Waals surface area contributed by atoms with E-state index in [0.717, 1.165) is 5.56 Å². The van der Waals surface area contributed by atoms with Gasteiger partial charge < -0.3 is 15.2 Å². The van der Waals surface area contributed by atoms with E-state index < -0.39 is 33.2 Å². The Labute approximate surface area is 175 Å². The number of nitrogens with two attached hydrogens (primary N) is 1. The Kier molecular flexibility index (Phi) is 6.02. The number of anilines is 1. The molecular weight excluding hydrogens is 408 g/mol. The summed E-state index contributed by atoms with van der Waals surface area (Å²) in [5.74, 6) is -0.946. The molecule has 30 heavy (non-hydrogen) atoms. The second-order valence-electron chi connectivity index (χ2n) is 7.19. The first-order chi connectivity index (χ1) is 14.2. The van der Waals surface area contributed by atoms with E-state index in [1.54, 1.807) is 43.3 Å². The van der Waals surface area contributed by atoms with Crippen molar-refractivity contribution in [3.8, 4) is 5.75 Å². The summed E-state index contributed by atoms with van der Waals surface area (Å²) in [5.41, 5.74) is 5.61. The lowest BCUT2D eigenvalue weighted by Gasteiger charge is -2.16. The minimum absolute atomic E-state index is 0.107. The number of primary amides is 1. The van der Waals surface area contributed by atoms with Crippen LogP contribution in [0.3, 0.4) is 0 Å². The molecule has 0 spiro atoms. The van der Waals surface area contributed by atoms with Crippen molar-refractivity contribution in [2.45, 2.75) is 24.7 Å². The minimum Gasteiger partial charge on any atom is -0.497 e. The smallest absolute Gasteiger partial charge is 0.313 e. The lowest BCUT2D eigenvalue weighted by Crippen LogP contribution is -2.28. The van der Waals surface area contributed by atoms with Crippen molar-refractivity contribution in [3.05, 3.63) is 54.1 Å². The van der Waals surface area contributed by atoms with Gasteiger partial charge in [-0.3, -0.25) is 14.3 Å². The molecule has 8 nitrogen and oxygen atoms in total. The monoisotopic (exact) mass is 432 g/mol. The molecule has 0 bridgehead atoms. The third kappa shape index (κ3) is 4.40. The van der Waals surface area contributed by atoms with Crippen LogP contribution in [0, 0.1) is 11.3 Å². The number of methoxy groups -OCH3 is 1. The van der Waals surface area contributed by atoms with Crippen LogP contribution in [0.2, 0.25) is 0 Å². The minimum atomic E-state index is -3.76. The first-order valence-electron chi connectivity index (χ1n) is 9.44. The molecule has 2 aromatic carbocycles. The average Bonchev–Trinajstić information content (AvgIpc) is 3.45. The summed E-state index contributed by atoms with van der Waals surface area (Å²) >= 11 is 0. The Morgan fingerprint density at radius 3 is 2.27 bits per heavy atom. The van der Waals surface area contributed by atoms with Gasteiger partial charge in [-0.1, -0.05) is 12.1 Å². The second-order valence-corrected chi connectivity index (χ2v) is 8.87. The highest BCUT2D eigenvalue weighted by Crippen LogP contribution is 2.55. The van der Waals surface area contributed by atoms with Crippen LogP contribution in [0.25, 0.3) is 0 Å². The Morgan fingerprint density at radius 1 is 1.13 bits per heavy atom. The summed E-state index contributed by atoms with van der Waals surface area (Å²) in [6, 6.07) is 12.7. The highest BCUT2D eigenvalue weighted by molar-refractivity contribution is 7.92. The molecule has 3 N–H and O–H groups in total. The van der Waals surface area contributed by atoms with E-state index in [4.69, 9.17) is 15.2 Å². The van der Waals surface area contributed by atoms with Crippen LogP contribution in [0.4, 0.5) is 5.69 Å². The Balaban J connectivity index is 1.72. The molecule has 0 aliphatic heterocycles. The second kappa shape index (κ2) is 8.35. The van der Waals surface area contributed by atoms with Crippen molar-refractivity contribution in [1.29, 1.82) is 0 Å². The number of hydrogen-bond donors (Lipinski definition) is 2. The molecule has 9 heteroatoms. The zero-order valence-electron chi connectivity index (χ0n) is 16.8. The standard InChI is InChI=1S/C21H24N2O6S/c1-3-29-20(25)21(13-18(21)19(22)24)12-14-4-6-15(7-5-14)23-30(26,27)17-10-8-16(28-2)9-11-17/h4-11,18,23H,3,12-13H2,1-2H3,(H2,22,24)/t18?,21-/m1/s1. The number of ether oxygens (including phenoxy) is 2. The van der Waals surface area contributed by atoms with E-state index in [9.17, 15) is 18.0 Å². The van der Waals surface area contributed by atoms with Crippen LogP contribution in [-0.4, -0.2) is 34.0 Å². The van der Waals surface area contributed by atoms with Gasteiger partial charge >= 0.3 is 5.97 Å². The molecule has 1 aliphatic rings. The predicted octanol–water partition coefficient (Wildman–Crippen LogP) is 2.09. The lowest BCUT2D eigenvalue weighted by molar-refractivity contribution is -0.151. The van der Waals surface area contributed by atoms with Gasteiger partial charge in [-0.15, -0.1) is 0 Å². The van der Waals surface area contributed by atoms with E-state index >= 15 is 0 Å². The molecule has 0 radical (unpaired) electrons. The van der Waals surface area contributed by atoms with E-state index in [0.29, 0.717) is 24.3 Å². The van der Waals surface area contributed by atoms with Crippen LogP contribution >= 0.6 is 0 Å². The van der Waals surface area contributed by atoms with Crippen molar-refractivity contribution in [3.63, 3.8) is 0 Å². The van der Waals surface area contributed by atoms with Gasteiger partial charge in [0.15, 0.2) is 0 Å². The maximum absolute atomic E-state index is 12.5. The van der Waals surface area contributed by atoms with Crippen molar-refractivity contribution in [1.82, 2.24) is 0 Å². The molecule has 0 aromatic heterocycles. The number of rotatable bonds is 9. The van der Waals surface area contributed by atoms with Gasteiger partial charge in [0.25, 0.3) is 10.0 Å². The fourth-order valence-corrected chi connectivity index (χ4v) is 4.53. The van der Waals surface area contributed by atoms with Crippen molar-refractivity contribution < 1.29 is 27.5 Å². The predicted molar refractivity (Wildman–Crippen MR) is 110 cm³/mol. The zero-order valence-corrected chi connectivity index (χ0v) is 17.6. The van der Waals surface area contributed by atoms with Gasteiger partial charge in [0.1, 0.15) is 5.75 Å². The maximum Gasteiger partial charge on any atom is 0.313 e. The summed E-state index contributed by atoms with van der Waals surface area (Å²) in [7, 11) is -2.25. The number of amides is 1. The molecule has 160 valence electrons. The molecule has 0 heterocycles. The van der Waals surface area contributed by atoms with Gasteiger partial charge in [0.2, 0.25) is 5.91 Å². The topological polar surface area (TPSA) is 125 Å². The third-order valence-corrected chi connectivity index (χ3v) is 6.59. The molecule has 1 amide bonds. The Hall–Kier alpha value is -3.07. The summed E-state index contributed by atoms with van der Waals surface area (Å²) in [4.78, 5) is 24.1. The van der Waals surface area contributed by atoms with Crippen LogP contribution in [0.15, 0.2) is 53.4 Å². The Bertz CT molecular complexity index is 1030. The highest BCUT2D eigenvalue weighted by atomic mass is 32.2. The van der Waals surface area contributed by atoms with Gasteiger partial charge in [-0.25, -0.2) is 8.42 Å². The van der Waals surface area contributed by atoms with E-state index in [-0.39, 0.29) is 11.5 Å². The molecule has 2 aromatic rings. The number of carbonyl (C=O) groups excluding carboxylic acids is 2. The van der Waals surface area contributed by atoms with Crippen LogP contribution in [-0.2, 0) is 30.8 Å². The molecule has 1 saturated carbocycles. The number of carbonyl (C=O) groups is 2. The quantitative estimate of drug-likeness (QED) is 0.585. The molecule has 3 rings (SSSR count). The van der Waals surface area contributed by atoms with Gasteiger partial charge in [0.05, 0.1) is 29.9 Å². The van der Waals surface area contributed by atoms with Gasteiger partial charge in [0, 0.05) is 5.69 Å². The first-order valence-corrected chi connectivity index (χ1v) is 10.9. The fourth-order valence-electron chi connectivity index (χ4n) is 3.47. The number of sulfonamides is 1. The van der Waals surface area contributed by atoms with Gasteiger partial charge in [-0.2, -0.15) is 0 Å². The van der Waals surface area contributed by atoms with Gasteiger partial charge in [-0.05, 0) is 61.7 Å². The van der Waals surface area contributed by atoms with Crippen molar-refractivity contribution >= 4 is 27.6 Å². The molecule has 1 aliphatic carbocycles. The van der Waals surface area contributed by atoms with Crippen molar-refractivity contribution in [2.24, 2.45) is 17.1 Å². The fraction of sp³-hybridized carbons (Fsp3) is 0.333. The van der Waals surface area contributed by atoms with Crippen LogP contribution in [0.5, 0.6) is 5.75 Å². The van der Waals surface area contributed by atoms with Crippen molar-refractivity contribution in [2.75, 3.05) is 18.4 Å². The normalized spacial score (nSPS) is 20.3. The Morgan fingerprint density at radius 2 is 1.77 bits per heavy atom. The summed E-state index contributed by atoms with van der Waals surface area (Å²) < 4.78 is 37.8. The summed E-state index contributed by atoms with van der Waals surface area (Å²) in [6.07, 6.45) is 0.651. The molecule has 1 unspecified atom stereocenters. The number of benzene rings is 2. The third-order valence-electron chi connectivity index (χ3n) is 5.20. The van der Waals surface area contributed by atoms with E-state index in [2.05, 4.69) is 4.72 Å². The average molecular weight is 432 g/mol. The van der Waals surface area contributed by atoms with E-state index in [1.807, 2.05) is 0 Å². The number of nitrogens with one attached hydrogen (secondary N) is 1. The van der Waals surface area contributed by atoms with Crippen LogP contribution < -0.4 is 15.2 Å². The van der Waals surface area contributed by atoms with E-state index in [1.165, 1.54) is 19.2 Å². The molecule has 0 saturated heterocycles. The van der Waals surface area contributed by atoms with Crippen LogP contribution in [0.1, 0.15) is 18.9 Å². The molecular formula is C21H24N2O6S.